The lowest BCUT2D eigenvalue weighted by Gasteiger charge is -2.13. The molecule has 4 aromatic rings. The van der Waals surface area contributed by atoms with Crippen LogP contribution in [0, 0.1) is 0 Å². The van der Waals surface area contributed by atoms with Crippen molar-refractivity contribution in [2.75, 3.05) is 5.73 Å². The highest BCUT2D eigenvalue weighted by molar-refractivity contribution is 5.72. The SMILES string of the molecule is Nc1ccc(-c2ccc(OCc3ccccc3)nc2)c(OCc2ccccc2)c1. The maximum Gasteiger partial charge on any atom is 0.213 e. The Hall–Kier alpha value is -3.79. The molecule has 144 valence electrons. The van der Waals surface area contributed by atoms with Crippen LogP contribution in [-0.2, 0) is 13.2 Å². The molecular weight excluding hydrogens is 360 g/mol. The highest BCUT2D eigenvalue weighted by Gasteiger charge is 2.09. The van der Waals surface area contributed by atoms with E-state index >= 15 is 0 Å². The maximum absolute atomic E-state index is 6.05. The third-order valence-electron chi connectivity index (χ3n) is 4.52. The lowest BCUT2D eigenvalue weighted by molar-refractivity contribution is 0.294. The van der Waals surface area contributed by atoms with E-state index in [1.165, 1.54) is 0 Å². The average Bonchev–Trinajstić information content (AvgIpc) is 2.78. The highest BCUT2D eigenvalue weighted by atomic mass is 16.5. The number of ether oxygens (including phenoxy) is 2. The molecule has 0 saturated heterocycles. The summed E-state index contributed by atoms with van der Waals surface area (Å²) in [7, 11) is 0. The first-order chi connectivity index (χ1) is 14.3. The average molecular weight is 382 g/mol. The molecule has 3 aromatic carbocycles. The standard InChI is InChI=1S/C25H22N2O2/c26-22-12-13-23(24(15-22)28-17-19-7-3-1-4-8-19)21-11-14-25(27-16-21)29-18-20-9-5-2-6-10-20/h1-16H,17-18,26H2. The van der Waals surface area contributed by atoms with Crippen LogP contribution < -0.4 is 15.2 Å². The molecular formula is C25H22N2O2. The van der Waals surface area contributed by atoms with Gasteiger partial charge >= 0.3 is 0 Å². The predicted molar refractivity (Wildman–Crippen MR) is 116 cm³/mol. The van der Waals surface area contributed by atoms with E-state index in [0.29, 0.717) is 24.8 Å². The zero-order chi connectivity index (χ0) is 19.9. The van der Waals surface area contributed by atoms with Crippen molar-refractivity contribution in [2.45, 2.75) is 13.2 Å². The molecule has 29 heavy (non-hydrogen) atoms. The molecule has 0 saturated carbocycles. The van der Waals surface area contributed by atoms with Gasteiger partial charge in [-0.25, -0.2) is 4.98 Å². The smallest absolute Gasteiger partial charge is 0.213 e. The summed E-state index contributed by atoms with van der Waals surface area (Å²) in [5.41, 5.74) is 10.7. The highest BCUT2D eigenvalue weighted by Crippen LogP contribution is 2.32. The lowest BCUT2D eigenvalue weighted by atomic mass is 10.1. The molecule has 0 spiro atoms. The van der Waals surface area contributed by atoms with Crippen LogP contribution in [-0.4, -0.2) is 4.98 Å². The van der Waals surface area contributed by atoms with Gasteiger partial charge in [0.15, 0.2) is 0 Å². The molecule has 0 fully saturated rings. The van der Waals surface area contributed by atoms with Gasteiger partial charge in [-0.15, -0.1) is 0 Å². The molecule has 1 aromatic heterocycles. The van der Waals surface area contributed by atoms with Gasteiger partial charge in [0.1, 0.15) is 19.0 Å². The second-order valence-corrected chi connectivity index (χ2v) is 6.69. The third-order valence-corrected chi connectivity index (χ3v) is 4.52. The van der Waals surface area contributed by atoms with Gasteiger partial charge in [-0.2, -0.15) is 0 Å². The number of nitrogens with zero attached hydrogens (tertiary/aromatic N) is 1. The Balaban J connectivity index is 1.48. The van der Waals surface area contributed by atoms with Gasteiger partial charge in [0.05, 0.1) is 0 Å². The summed E-state index contributed by atoms with van der Waals surface area (Å²) in [6, 6.07) is 29.6. The van der Waals surface area contributed by atoms with Crippen molar-refractivity contribution in [1.82, 2.24) is 4.98 Å². The minimum atomic E-state index is 0.475. The molecule has 2 N–H and O–H groups in total. The number of hydrogen-bond acceptors (Lipinski definition) is 4. The molecule has 0 bridgehead atoms. The Bertz CT molecular complexity index is 1050. The van der Waals surface area contributed by atoms with Crippen LogP contribution in [0.3, 0.4) is 0 Å². The van der Waals surface area contributed by atoms with Gasteiger partial charge in [0.25, 0.3) is 0 Å². The molecule has 0 amide bonds. The van der Waals surface area contributed by atoms with Gasteiger partial charge in [0, 0.05) is 35.1 Å². The van der Waals surface area contributed by atoms with Crippen molar-refractivity contribution in [3.63, 3.8) is 0 Å². The normalized spacial score (nSPS) is 10.5. The van der Waals surface area contributed by atoms with Crippen LogP contribution in [0.15, 0.2) is 97.2 Å². The van der Waals surface area contributed by atoms with Crippen molar-refractivity contribution < 1.29 is 9.47 Å². The molecule has 4 heteroatoms. The summed E-state index contributed by atoms with van der Waals surface area (Å²) in [6.45, 7) is 0.962. The Morgan fingerprint density at radius 2 is 1.34 bits per heavy atom. The largest absolute Gasteiger partial charge is 0.488 e. The van der Waals surface area contributed by atoms with Crippen LogP contribution in [0.4, 0.5) is 5.69 Å². The molecule has 0 aliphatic carbocycles. The quantitative estimate of drug-likeness (QED) is 0.430. The van der Waals surface area contributed by atoms with E-state index in [1.807, 2.05) is 91.0 Å². The number of anilines is 1. The molecule has 4 rings (SSSR count). The fourth-order valence-electron chi connectivity index (χ4n) is 2.99. The Kier molecular flexibility index (Phi) is 5.72. The number of nitrogen functional groups attached to an aromatic ring is 1. The summed E-state index contributed by atoms with van der Waals surface area (Å²) in [6.07, 6.45) is 1.79. The van der Waals surface area contributed by atoms with Crippen LogP contribution in [0.25, 0.3) is 11.1 Å². The van der Waals surface area contributed by atoms with Crippen molar-refractivity contribution in [2.24, 2.45) is 0 Å². The van der Waals surface area contributed by atoms with Crippen LogP contribution >= 0.6 is 0 Å². The first-order valence-electron chi connectivity index (χ1n) is 9.47. The number of rotatable bonds is 7. The molecule has 0 aliphatic rings. The summed E-state index contributed by atoms with van der Waals surface area (Å²) in [5, 5.41) is 0. The Labute approximate surface area is 170 Å². The van der Waals surface area contributed by atoms with Gasteiger partial charge in [0.2, 0.25) is 5.88 Å². The zero-order valence-electron chi connectivity index (χ0n) is 16.0. The van der Waals surface area contributed by atoms with Crippen LogP contribution in [0.2, 0.25) is 0 Å². The Morgan fingerprint density at radius 3 is 1.97 bits per heavy atom. The second kappa shape index (κ2) is 8.93. The fourth-order valence-corrected chi connectivity index (χ4v) is 2.99. The van der Waals surface area contributed by atoms with E-state index in [1.54, 1.807) is 6.20 Å². The summed E-state index contributed by atoms with van der Waals surface area (Å²) in [4.78, 5) is 4.44. The lowest BCUT2D eigenvalue weighted by Crippen LogP contribution is -1.99. The number of benzene rings is 3. The number of nitrogens with two attached hydrogens (primary N) is 1. The number of hydrogen-bond donors (Lipinski definition) is 1. The van der Waals surface area contributed by atoms with E-state index in [2.05, 4.69) is 4.98 Å². The van der Waals surface area contributed by atoms with Crippen LogP contribution in [0.5, 0.6) is 11.6 Å². The monoisotopic (exact) mass is 382 g/mol. The fraction of sp³-hybridized carbons (Fsp3) is 0.0800. The number of aromatic nitrogens is 1. The van der Waals surface area contributed by atoms with Crippen molar-refractivity contribution >= 4 is 5.69 Å². The molecule has 0 aliphatic heterocycles. The zero-order valence-corrected chi connectivity index (χ0v) is 16.0. The van der Waals surface area contributed by atoms with E-state index < -0.39 is 0 Å². The molecule has 0 unspecified atom stereocenters. The summed E-state index contributed by atoms with van der Waals surface area (Å²) in [5.74, 6) is 1.31. The van der Waals surface area contributed by atoms with Crippen LogP contribution in [0.1, 0.15) is 11.1 Å². The van der Waals surface area contributed by atoms with E-state index in [9.17, 15) is 0 Å². The second-order valence-electron chi connectivity index (χ2n) is 6.69. The summed E-state index contributed by atoms with van der Waals surface area (Å²) < 4.78 is 11.8. The first-order valence-corrected chi connectivity index (χ1v) is 9.47. The first kappa shape index (κ1) is 18.6. The Morgan fingerprint density at radius 1 is 0.690 bits per heavy atom. The van der Waals surface area contributed by atoms with E-state index in [0.717, 1.165) is 28.0 Å². The summed E-state index contributed by atoms with van der Waals surface area (Å²) >= 11 is 0. The van der Waals surface area contributed by atoms with E-state index in [-0.39, 0.29) is 0 Å². The van der Waals surface area contributed by atoms with Crippen molar-refractivity contribution in [3.05, 3.63) is 108 Å². The molecule has 1 heterocycles. The number of pyridine rings is 1. The predicted octanol–water partition coefficient (Wildman–Crippen LogP) is 5.49. The van der Waals surface area contributed by atoms with Gasteiger partial charge in [-0.05, 0) is 29.3 Å². The maximum atomic E-state index is 6.05. The van der Waals surface area contributed by atoms with E-state index in [4.69, 9.17) is 15.2 Å². The van der Waals surface area contributed by atoms with Crippen molar-refractivity contribution in [1.29, 1.82) is 0 Å². The van der Waals surface area contributed by atoms with Gasteiger partial charge in [-0.3, -0.25) is 0 Å². The topological polar surface area (TPSA) is 57.4 Å². The van der Waals surface area contributed by atoms with Crippen molar-refractivity contribution in [3.8, 4) is 22.8 Å². The molecule has 0 radical (unpaired) electrons. The molecule has 0 atom stereocenters. The minimum Gasteiger partial charge on any atom is -0.488 e. The third kappa shape index (κ3) is 4.93. The van der Waals surface area contributed by atoms with Gasteiger partial charge in [-0.1, -0.05) is 60.7 Å². The molecule has 4 nitrogen and oxygen atoms in total. The minimum absolute atomic E-state index is 0.475. The van der Waals surface area contributed by atoms with Gasteiger partial charge < -0.3 is 15.2 Å².